The standard InChI is InChI=1S/C26H33BrN2O5/c1-3-4-7-14-28-25(31)23-24(27)34-26(29-23)22-18(19-11-12-20(22)33-19)15-17-9-6-5-8-16(17)10-13-21(30)32-2/h5-6,8-9,18-20,22H,3-4,7,10-15H2,1-2H3,(H,28,31)/t18-,19+,20-,22-/m0/s1. The van der Waals surface area contributed by atoms with Crippen molar-refractivity contribution >= 4 is 27.8 Å². The molecule has 2 saturated heterocycles. The van der Waals surface area contributed by atoms with E-state index >= 15 is 0 Å². The third-order valence-electron chi connectivity index (χ3n) is 6.99. The molecule has 7 nitrogen and oxygen atoms in total. The third-order valence-corrected chi connectivity index (χ3v) is 7.53. The van der Waals surface area contributed by atoms with Crippen molar-refractivity contribution in [3.8, 4) is 0 Å². The van der Waals surface area contributed by atoms with Crippen molar-refractivity contribution in [2.24, 2.45) is 5.92 Å². The summed E-state index contributed by atoms with van der Waals surface area (Å²) in [5.74, 6) is 0.331. The number of amides is 1. The summed E-state index contributed by atoms with van der Waals surface area (Å²) in [6.07, 6.45) is 7.10. The fraction of sp³-hybridized carbons (Fsp3) is 0.577. The van der Waals surface area contributed by atoms with Crippen LogP contribution in [0.4, 0.5) is 0 Å². The van der Waals surface area contributed by atoms with Crippen LogP contribution < -0.4 is 5.32 Å². The molecular weight excluding hydrogens is 500 g/mol. The minimum absolute atomic E-state index is 0.00893. The zero-order chi connectivity index (χ0) is 24.1. The molecule has 0 radical (unpaired) electrons. The molecule has 2 bridgehead atoms. The highest BCUT2D eigenvalue weighted by Crippen LogP contribution is 2.50. The van der Waals surface area contributed by atoms with Gasteiger partial charge in [0, 0.05) is 18.9 Å². The molecule has 34 heavy (non-hydrogen) atoms. The van der Waals surface area contributed by atoms with Gasteiger partial charge in [-0.05, 0) is 59.2 Å². The van der Waals surface area contributed by atoms with E-state index in [1.54, 1.807) is 0 Å². The van der Waals surface area contributed by atoms with Crippen molar-refractivity contribution in [2.45, 2.75) is 76.4 Å². The molecule has 184 valence electrons. The number of carbonyl (C=O) groups excluding carboxylic acids is 2. The minimum atomic E-state index is -0.216. The predicted molar refractivity (Wildman–Crippen MR) is 131 cm³/mol. The zero-order valence-corrected chi connectivity index (χ0v) is 21.4. The van der Waals surface area contributed by atoms with E-state index in [1.165, 1.54) is 12.7 Å². The van der Waals surface area contributed by atoms with Crippen LogP contribution >= 0.6 is 15.9 Å². The molecular formula is C26H33BrN2O5. The summed E-state index contributed by atoms with van der Waals surface area (Å²) in [4.78, 5) is 29.0. The molecule has 1 aromatic heterocycles. The number of carbonyl (C=O) groups is 2. The fourth-order valence-electron chi connectivity index (χ4n) is 5.23. The Balaban J connectivity index is 1.50. The third kappa shape index (κ3) is 5.54. The van der Waals surface area contributed by atoms with Crippen LogP contribution in [0.1, 0.15) is 78.9 Å². The van der Waals surface area contributed by atoms with Gasteiger partial charge in [-0.1, -0.05) is 44.0 Å². The summed E-state index contributed by atoms with van der Waals surface area (Å²) in [6.45, 7) is 2.76. The van der Waals surface area contributed by atoms with Crippen LogP contribution in [0.2, 0.25) is 0 Å². The van der Waals surface area contributed by atoms with Crippen molar-refractivity contribution in [1.82, 2.24) is 10.3 Å². The lowest BCUT2D eigenvalue weighted by atomic mass is 9.75. The Hall–Kier alpha value is -2.19. The first-order chi connectivity index (χ1) is 16.5. The van der Waals surface area contributed by atoms with E-state index in [9.17, 15) is 9.59 Å². The predicted octanol–water partition coefficient (Wildman–Crippen LogP) is 4.97. The summed E-state index contributed by atoms with van der Waals surface area (Å²) in [5.41, 5.74) is 2.65. The molecule has 0 unspecified atom stereocenters. The van der Waals surface area contributed by atoms with Crippen molar-refractivity contribution < 1.29 is 23.5 Å². The fourth-order valence-corrected chi connectivity index (χ4v) is 5.66. The topological polar surface area (TPSA) is 90.7 Å². The molecule has 1 N–H and O–H groups in total. The molecule has 0 saturated carbocycles. The molecule has 2 fully saturated rings. The highest BCUT2D eigenvalue weighted by molar-refractivity contribution is 9.10. The monoisotopic (exact) mass is 532 g/mol. The van der Waals surface area contributed by atoms with Gasteiger partial charge in [0.15, 0.2) is 5.69 Å². The number of aryl methyl sites for hydroxylation is 1. The molecule has 4 rings (SSSR count). The lowest BCUT2D eigenvalue weighted by molar-refractivity contribution is -0.140. The number of benzene rings is 1. The van der Waals surface area contributed by atoms with Gasteiger partial charge in [-0.25, -0.2) is 4.98 Å². The summed E-state index contributed by atoms with van der Waals surface area (Å²) in [5, 5.41) is 2.94. The van der Waals surface area contributed by atoms with Crippen molar-refractivity contribution in [2.75, 3.05) is 13.7 Å². The van der Waals surface area contributed by atoms with Gasteiger partial charge in [-0.3, -0.25) is 9.59 Å². The van der Waals surface area contributed by atoms with Crippen molar-refractivity contribution in [3.63, 3.8) is 0 Å². The second kappa shape index (κ2) is 11.5. The van der Waals surface area contributed by atoms with Gasteiger partial charge in [0.1, 0.15) is 0 Å². The van der Waals surface area contributed by atoms with Gasteiger partial charge < -0.3 is 19.2 Å². The Labute approximate surface area is 209 Å². The smallest absolute Gasteiger partial charge is 0.305 e. The molecule has 0 spiro atoms. The van der Waals surface area contributed by atoms with E-state index in [0.717, 1.165) is 44.1 Å². The van der Waals surface area contributed by atoms with Gasteiger partial charge >= 0.3 is 5.97 Å². The zero-order valence-electron chi connectivity index (χ0n) is 19.8. The molecule has 1 aromatic carbocycles. The molecule has 8 heteroatoms. The molecule has 2 aliphatic heterocycles. The highest BCUT2D eigenvalue weighted by atomic mass is 79.9. The Morgan fingerprint density at radius 3 is 2.71 bits per heavy atom. The van der Waals surface area contributed by atoms with E-state index < -0.39 is 0 Å². The average molecular weight is 533 g/mol. The summed E-state index contributed by atoms with van der Waals surface area (Å²) >= 11 is 3.41. The number of hydrogen-bond acceptors (Lipinski definition) is 6. The van der Waals surface area contributed by atoms with E-state index in [2.05, 4.69) is 45.3 Å². The van der Waals surface area contributed by atoms with Crippen LogP contribution in [-0.2, 0) is 27.1 Å². The van der Waals surface area contributed by atoms with Gasteiger partial charge in [0.05, 0.1) is 25.2 Å². The number of ether oxygens (including phenoxy) is 2. The van der Waals surface area contributed by atoms with E-state index in [1.807, 2.05) is 12.1 Å². The Kier molecular flexibility index (Phi) is 8.42. The number of rotatable bonds is 11. The Morgan fingerprint density at radius 1 is 1.18 bits per heavy atom. The number of esters is 1. The van der Waals surface area contributed by atoms with Crippen LogP contribution in [0.5, 0.6) is 0 Å². The SMILES string of the molecule is CCCCCNC(=O)c1nc([C@H]2[C@@H](Cc3ccccc3CCC(=O)OC)[C@H]3CC[C@@H]2O3)oc1Br. The molecule has 3 heterocycles. The maximum Gasteiger partial charge on any atom is 0.305 e. The van der Waals surface area contributed by atoms with E-state index in [4.69, 9.17) is 13.9 Å². The molecule has 2 aliphatic rings. The van der Waals surface area contributed by atoms with Crippen LogP contribution in [0.3, 0.4) is 0 Å². The molecule has 4 atom stereocenters. The lowest BCUT2D eigenvalue weighted by Gasteiger charge is -2.26. The lowest BCUT2D eigenvalue weighted by Crippen LogP contribution is -2.28. The second-order valence-electron chi connectivity index (χ2n) is 9.17. The maximum atomic E-state index is 12.7. The average Bonchev–Trinajstić information content (AvgIpc) is 3.55. The highest BCUT2D eigenvalue weighted by Gasteiger charge is 2.51. The first kappa shape index (κ1) is 24.9. The normalized spacial score (nSPS) is 23.3. The van der Waals surface area contributed by atoms with Crippen LogP contribution in [0, 0.1) is 5.92 Å². The number of halogens is 1. The molecule has 1 amide bonds. The Bertz CT molecular complexity index is 1010. The number of unbranched alkanes of at least 4 members (excludes halogenated alkanes) is 2. The summed E-state index contributed by atoms with van der Waals surface area (Å²) in [7, 11) is 1.42. The van der Waals surface area contributed by atoms with Crippen LogP contribution in [0.15, 0.2) is 33.4 Å². The van der Waals surface area contributed by atoms with Crippen LogP contribution in [-0.4, -0.2) is 42.7 Å². The van der Waals surface area contributed by atoms with Gasteiger partial charge in [0.25, 0.3) is 5.91 Å². The quantitative estimate of drug-likeness (QED) is 0.324. The van der Waals surface area contributed by atoms with Gasteiger partial charge in [-0.15, -0.1) is 0 Å². The first-order valence-corrected chi connectivity index (χ1v) is 13.0. The number of aromatic nitrogens is 1. The number of nitrogens with one attached hydrogen (secondary N) is 1. The number of fused-ring (bicyclic) bond motifs is 2. The molecule has 0 aliphatic carbocycles. The van der Waals surface area contributed by atoms with E-state index in [0.29, 0.717) is 35.6 Å². The number of methoxy groups -OCH3 is 1. The first-order valence-electron chi connectivity index (χ1n) is 12.2. The van der Waals surface area contributed by atoms with E-state index in [-0.39, 0.29) is 35.9 Å². The van der Waals surface area contributed by atoms with Crippen LogP contribution in [0.25, 0.3) is 0 Å². The number of nitrogens with zero attached hydrogens (tertiary/aromatic N) is 1. The maximum absolute atomic E-state index is 12.7. The summed E-state index contributed by atoms with van der Waals surface area (Å²) < 4.78 is 17.5. The summed E-state index contributed by atoms with van der Waals surface area (Å²) in [6, 6.07) is 8.23. The van der Waals surface area contributed by atoms with Crippen molar-refractivity contribution in [1.29, 1.82) is 0 Å². The van der Waals surface area contributed by atoms with Gasteiger partial charge in [0.2, 0.25) is 10.6 Å². The number of hydrogen-bond donors (Lipinski definition) is 1. The number of oxazole rings is 1. The molecule has 2 aromatic rings. The van der Waals surface area contributed by atoms with Crippen molar-refractivity contribution in [3.05, 3.63) is 51.6 Å². The Morgan fingerprint density at radius 2 is 1.94 bits per heavy atom. The van der Waals surface area contributed by atoms with Gasteiger partial charge in [-0.2, -0.15) is 0 Å². The second-order valence-corrected chi connectivity index (χ2v) is 9.89. The minimum Gasteiger partial charge on any atom is -0.469 e. The largest absolute Gasteiger partial charge is 0.469 e.